The predicted octanol–water partition coefficient (Wildman–Crippen LogP) is 3.10. The Morgan fingerprint density at radius 2 is 1.46 bits per heavy atom. The molecule has 2 aliphatic carbocycles. The molecule has 2 amide bonds. The molecule has 2 saturated heterocycles. The quantitative estimate of drug-likeness (QED) is 0.450. The van der Waals surface area contributed by atoms with Crippen molar-refractivity contribution in [3.8, 4) is 0 Å². The number of fused-ring (bicyclic) bond motifs is 2. The van der Waals surface area contributed by atoms with Crippen LogP contribution in [0.25, 0.3) is 0 Å². The van der Waals surface area contributed by atoms with E-state index in [0.29, 0.717) is 19.3 Å². The molecule has 2 heterocycles. The summed E-state index contributed by atoms with van der Waals surface area (Å²) in [4.78, 5) is 56.3. The molecule has 4 rings (SSSR count). The van der Waals surface area contributed by atoms with Crippen molar-refractivity contribution in [2.45, 2.75) is 134 Å². The first-order chi connectivity index (χ1) is 17.8. The summed E-state index contributed by atoms with van der Waals surface area (Å²) in [5.41, 5.74) is 0. The number of hydrogen-bond acceptors (Lipinski definition) is 6. The SMILES string of the molecule is CCC[C@H](N[C@@H](C)C(=O)N1[C@H](C(=O)N2[C@H](C(=O)O)C[C@@H]3CCCC[C@@H]32)C[C@@H]2CCCC[C@@H]21)C(=O)OCC. The van der Waals surface area contributed by atoms with Crippen LogP contribution in [0.3, 0.4) is 0 Å². The minimum atomic E-state index is -0.942. The average Bonchev–Trinajstić information content (AvgIpc) is 3.47. The number of carboxylic acid groups (broad SMARTS) is 1. The smallest absolute Gasteiger partial charge is 0.326 e. The number of amides is 2. The summed E-state index contributed by atoms with van der Waals surface area (Å²) >= 11 is 0. The minimum absolute atomic E-state index is 0.0142. The number of carbonyl (C=O) groups is 4. The van der Waals surface area contributed by atoms with Crippen LogP contribution in [-0.4, -0.2) is 81.5 Å². The minimum Gasteiger partial charge on any atom is -0.480 e. The maximum absolute atomic E-state index is 14.2. The number of rotatable bonds is 9. The zero-order chi connectivity index (χ0) is 26.7. The highest BCUT2D eigenvalue weighted by molar-refractivity contribution is 5.93. The van der Waals surface area contributed by atoms with Gasteiger partial charge in [0.2, 0.25) is 11.8 Å². The van der Waals surface area contributed by atoms with Crippen LogP contribution >= 0.6 is 0 Å². The van der Waals surface area contributed by atoms with E-state index in [2.05, 4.69) is 5.32 Å². The lowest BCUT2D eigenvalue weighted by Crippen LogP contribution is -2.59. The molecule has 9 nitrogen and oxygen atoms in total. The first-order valence-electron chi connectivity index (χ1n) is 14.6. The van der Waals surface area contributed by atoms with Gasteiger partial charge in [0.1, 0.15) is 18.1 Å². The molecule has 2 saturated carbocycles. The van der Waals surface area contributed by atoms with Crippen LogP contribution in [0.4, 0.5) is 0 Å². The van der Waals surface area contributed by atoms with Gasteiger partial charge in [0.05, 0.1) is 12.6 Å². The molecular formula is C28H45N3O6. The van der Waals surface area contributed by atoms with Crippen molar-refractivity contribution in [1.29, 1.82) is 0 Å². The standard InChI is InChI=1S/C28H45N3O6/c1-4-10-20(28(36)37-5-2)29-17(3)25(32)30-21-13-8-6-11-18(21)15-23(30)26(33)31-22-14-9-7-12-19(22)16-24(31)27(34)35/h17-24,29H,4-16H2,1-3H3,(H,34,35)/t17-,18-,19-,20-,21-,22-,23-,24-/m0/s1. The summed E-state index contributed by atoms with van der Waals surface area (Å²) in [6, 6.07) is -2.75. The Labute approximate surface area is 220 Å². The molecule has 4 fully saturated rings. The lowest BCUT2D eigenvalue weighted by atomic mass is 9.84. The van der Waals surface area contributed by atoms with E-state index in [9.17, 15) is 24.3 Å². The van der Waals surface area contributed by atoms with Crippen LogP contribution in [0.1, 0.15) is 97.8 Å². The predicted molar refractivity (Wildman–Crippen MR) is 138 cm³/mol. The number of aliphatic carboxylic acids is 1. The highest BCUT2D eigenvalue weighted by Crippen LogP contribution is 2.44. The molecule has 0 bridgehead atoms. The van der Waals surface area contributed by atoms with Crippen molar-refractivity contribution in [1.82, 2.24) is 15.1 Å². The molecule has 208 valence electrons. The Hall–Kier alpha value is -2.16. The van der Waals surface area contributed by atoms with Crippen LogP contribution < -0.4 is 5.32 Å². The number of carboxylic acids is 1. The molecule has 37 heavy (non-hydrogen) atoms. The lowest BCUT2D eigenvalue weighted by molar-refractivity contribution is -0.155. The van der Waals surface area contributed by atoms with E-state index in [1.807, 2.05) is 6.92 Å². The van der Waals surface area contributed by atoms with Crippen molar-refractivity contribution >= 4 is 23.8 Å². The number of hydrogen-bond donors (Lipinski definition) is 2. The number of nitrogens with one attached hydrogen (secondary N) is 1. The first-order valence-corrected chi connectivity index (χ1v) is 14.6. The third kappa shape index (κ3) is 5.66. The molecule has 2 aliphatic heterocycles. The van der Waals surface area contributed by atoms with Gasteiger partial charge >= 0.3 is 11.9 Å². The lowest BCUT2D eigenvalue weighted by Gasteiger charge is -2.39. The van der Waals surface area contributed by atoms with E-state index in [-0.39, 0.29) is 48.3 Å². The van der Waals surface area contributed by atoms with E-state index >= 15 is 0 Å². The summed E-state index contributed by atoms with van der Waals surface area (Å²) in [6.45, 7) is 5.78. The van der Waals surface area contributed by atoms with Crippen molar-refractivity contribution in [3.05, 3.63) is 0 Å². The molecule has 0 spiro atoms. The van der Waals surface area contributed by atoms with Gasteiger partial charge in [-0.3, -0.25) is 19.7 Å². The number of esters is 1. The summed E-state index contributed by atoms with van der Waals surface area (Å²) in [5, 5.41) is 13.2. The Bertz CT molecular complexity index is 865. The Morgan fingerprint density at radius 3 is 2.03 bits per heavy atom. The molecule has 0 aromatic rings. The van der Waals surface area contributed by atoms with Crippen molar-refractivity contribution < 1.29 is 29.0 Å². The van der Waals surface area contributed by atoms with Crippen molar-refractivity contribution in [3.63, 3.8) is 0 Å². The van der Waals surface area contributed by atoms with Gasteiger partial charge in [-0.15, -0.1) is 0 Å². The van der Waals surface area contributed by atoms with E-state index in [1.165, 1.54) is 0 Å². The molecule has 4 aliphatic rings. The van der Waals surface area contributed by atoms with E-state index in [4.69, 9.17) is 4.74 Å². The topological polar surface area (TPSA) is 116 Å². The average molecular weight is 520 g/mol. The molecule has 8 atom stereocenters. The van der Waals surface area contributed by atoms with Gasteiger partial charge in [0.15, 0.2) is 0 Å². The summed E-state index contributed by atoms with van der Waals surface area (Å²) in [7, 11) is 0. The van der Waals surface area contributed by atoms with Gasteiger partial charge in [-0.25, -0.2) is 4.79 Å². The second-order valence-corrected chi connectivity index (χ2v) is 11.5. The van der Waals surface area contributed by atoms with E-state index < -0.39 is 30.1 Å². The molecular weight excluding hydrogens is 474 g/mol. The van der Waals surface area contributed by atoms with Gasteiger partial charge in [-0.05, 0) is 70.6 Å². The van der Waals surface area contributed by atoms with Crippen molar-refractivity contribution in [2.75, 3.05) is 6.61 Å². The number of ether oxygens (including phenoxy) is 1. The normalized spacial score (nSPS) is 32.8. The highest BCUT2D eigenvalue weighted by Gasteiger charge is 2.54. The second kappa shape index (κ2) is 12.1. The Kier molecular flexibility index (Phi) is 9.14. The third-order valence-electron chi connectivity index (χ3n) is 9.23. The summed E-state index contributed by atoms with van der Waals surface area (Å²) < 4.78 is 5.22. The molecule has 0 unspecified atom stereocenters. The maximum Gasteiger partial charge on any atom is 0.326 e. The van der Waals surface area contributed by atoms with E-state index in [1.54, 1.807) is 23.6 Å². The van der Waals surface area contributed by atoms with E-state index in [0.717, 1.165) is 57.8 Å². The monoisotopic (exact) mass is 519 g/mol. The number of likely N-dealkylation sites (tertiary alicyclic amines) is 2. The van der Waals surface area contributed by atoms with Crippen LogP contribution in [0.2, 0.25) is 0 Å². The zero-order valence-electron chi connectivity index (χ0n) is 22.7. The van der Waals surface area contributed by atoms with Gasteiger partial charge in [0.25, 0.3) is 0 Å². The van der Waals surface area contributed by atoms with Gasteiger partial charge in [-0.1, -0.05) is 39.0 Å². The first kappa shape index (κ1) is 27.9. The Balaban J connectivity index is 1.58. The second-order valence-electron chi connectivity index (χ2n) is 11.5. The van der Waals surface area contributed by atoms with Gasteiger partial charge < -0.3 is 19.6 Å². The molecule has 9 heteroatoms. The fourth-order valence-electron chi connectivity index (χ4n) is 7.56. The zero-order valence-corrected chi connectivity index (χ0v) is 22.7. The molecule has 0 radical (unpaired) electrons. The molecule has 2 N–H and O–H groups in total. The van der Waals surface area contributed by atoms with Crippen LogP contribution in [-0.2, 0) is 23.9 Å². The highest BCUT2D eigenvalue weighted by atomic mass is 16.5. The summed E-state index contributed by atoms with van der Waals surface area (Å²) in [6.07, 6.45) is 10.3. The van der Waals surface area contributed by atoms with Gasteiger partial charge in [0, 0.05) is 12.1 Å². The van der Waals surface area contributed by atoms with Gasteiger partial charge in [-0.2, -0.15) is 0 Å². The largest absolute Gasteiger partial charge is 0.480 e. The van der Waals surface area contributed by atoms with Crippen LogP contribution in [0.5, 0.6) is 0 Å². The molecule has 0 aromatic carbocycles. The fourth-order valence-corrected chi connectivity index (χ4v) is 7.56. The third-order valence-corrected chi connectivity index (χ3v) is 9.23. The van der Waals surface area contributed by atoms with Crippen LogP contribution in [0, 0.1) is 11.8 Å². The number of carbonyl (C=O) groups excluding carboxylic acids is 3. The van der Waals surface area contributed by atoms with Crippen molar-refractivity contribution in [2.24, 2.45) is 11.8 Å². The number of nitrogens with zero attached hydrogens (tertiary/aromatic N) is 2. The van der Waals surface area contributed by atoms with Crippen LogP contribution in [0.15, 0.2) is 0 Å². The maximum atomic E-state index is 14.2. The Morgan fingerprint density at radius 1 is 0.892 bits per heavy atom. The molecule has 0 aromatic heterocycles. The summed E-state index contributed by atoms with van der Waals surface area (Å²) in [5.74, 6) is -1.19. The fraction of sp³-hybridized carbons (Fsp3) is 0.857.